The van der Waals surface area contributed by atoms with Gasteiger partial charge in [-0.2, -0.15) is 0 Å². The second-order valence-electron chi connectivity index (χ2n) is 4.11. The molecule has 5 nitrogen and oxygen atoms in total. The molecule has 0 atom stereocenters. The van der Waals surface area contributed by atoms with Gasteiger partial charge in [0.15, 0.2) is 0 Å². The Labute approximate surface area is 83.1 Å². The molecule has 1 aliphatic carbocycles. The van der Waals surface area contributed by atoms with Gasteiger partial charge in [-0.05, 0) is 19.8 Å². The molecule has 0 bridgehead atoms. The van der Waals surface area contributed by atoms with Crippen molar-refractivity contribution in [2.24, 2.45) is 0 Å². The van der Waals surface area contributed by atoms with E-state index in [2.05, 4.69) is 22.6 Å². The van der Waals surface area contributed by atoms with Gasteiger partial charge in [0, 0.05) is 18.3 Å². The molecule has 1 fully saturated rings. The summed E-state index contributed by atoms with van der Waals surface area (Å²) in [4.78, 5) is 0. The summed E-state index contributed by atoms with van der Waals surface area (Å²) < 4.78 is 1.66. The number of hydrogen-bond donors (Lipinski definition) is 2. The molecule has 0 aromatic carbocycles. The van der Waals surface area contributed by atoms with Crippen molar-refractivity contribution in [1.29, 1.82) is 0 Å². The van der Waals surface area contributed by atoms with E-state index in [1.807, 2.05) is 6.20 Å². The van der Waals surface area contributed by atoms with Gasteiger partial charge in [0.1, 0.15) is 0 Å². The molecule has 1 aromatic rings. The molecular formula is C9H16N4O. The molecule has 0 spiro atoms. The fraction of sp³-hybridized carbons (Fsp3) is 0.778. The number of nitrogens with one attached hydrogen (secondary N) is 1. The van der Waals surface area contributed by atoms with Gasteiger partial charge in [0.25, 0.3) is 0 Å². The number of rotatable bonds is 5. The molecule has 0 unspecified atom stereocenters. The summed E-state index contributed by atoms with van der Waals surface area (Å²) in [5.74, 6) is 0. The van der Waals surface area contributed by atoms with Crippen LogP contribution in [0.5, 0.6) is 0 Å². The lowest BCUT2D eigenvalue weighted by atomic mass is 10.3. The highest BCUT2D eigenvalue weighted by Crippen LogP contribution is 2.34. The molecule has 5 heteroatoms. The van der Waals surface area contributed by atoms with Crippen LogP contribution in [0.1, 0.15) is 25.5 Å². The molecular weight excluding hydrogens is 180 g/mol. The second-order valence-corrected chi connectivity index (χ2v) is 4.11. The fourth-order valence-corrected chi connectivity index (χ4v) is 1.30. The van der Waals surface area contributed by atoms with Gasteiger partial charge in [-0.1, -0.05) is 5.21 Å². The first-order valence-electron chi connectivity index (χ1n) is 4.97. The first kappa shape index (κ1) is 9.61. The van der Waals surface area contributed by atoms with Crippen LogP contribution in [0.15, 0.2) is 6.20 Å². The van der Waals surface area contributed by atoms with E-state index in [-0.39, 0.29) is 6.61 Å². The monoisotopic (exact) mass is 196 g/mol. The predicted molar refractivity (Wildman–Crippen MR) is 51.6 cm³/mol. The number of nitrogens with zero attached hydrogens (tertiary/aromatic N) is 3. The molecule has 0 radical (unpaired) electrons. The zero-order chi connectivity index (χ0) is 10.0. The maximum Gasteiger partial charge on any atom is 0.0965 e. The summed E-state index contributed by atoms with van der Waals surface area (Å²) >= 11 is 0. The third kappa shape index (κ3) is 2.30. The second kappa shape index (κ2) is 3.67. The van der Waals surface area contributed by atoms with Gasteiger partial charge in [-0.15, -0.1) is 5.10 Å². The van der Waals surface area contributed by atoms with E-state index < -0.39 is 0 Å². The highest BCUT2D eigenvalue weighted by molar-refractivity contribution is 5.01. The summed E-state index contributed by atoms with van der Waals surface area (Å²) in [7, 11) is 0. The smallest absolute Gasteiger partial charge is 0.0965 e. The standard InChI is InChI=1S/C9H16N4O/c1-9(2-3-9)10-6-8-7-13(4-5-14)12-11-8/h7,10,14H,2-6H2,1H3. The van der Waals surface area contributed by atoms with Crippen molar-refractivity contribution in [3.05, 3.63) is 11.9 Å². The SMILES string of the molecule is CC1(NCc2cn(CCO)nn2)CC1. The highest BCUT2D eigenvalue weighted by Gasteiger charge is 2.36. The van der Waals surface area contributed by atoms with Crippen molar-refractivity contribution in [2.75, 3.05) is 6.61 Å². The van der Waals surface area contributed by atoms with Crippen LogP contribution in [0.2, 0.25) is 0 Å². The van der Waals surface area contributed by atoms with Gasteiger partial charge < -0.3 is 10.4 Å². The summed E-state index contributed by atoms with van der Waals surface area (Å²) in [5, 5.41) is 20.0. The molecule has 14 heavy (non-hydrogen) atoms. The Kier molecular flexibility index (Phi) is 2.52. The first-order chi connectivity index (χ1) is 6.72. The zero-order valence-corrected chi connectivity index (χ0v) is 8.40. The van der Waals surface area contributed by atoms with Crippen molar-refractivity contribution in [1.82, 2.24) is 20.3 Å². The molecule has 0 saturated heterocycles. The fourth-order valence-electron chi connectivity index (χ4n) is 1.30. The molecule has 0 aliphatic heterocycles. The molecule has 2 rings (SSSR count). The van der Waals surface area contributed by atoms with Crippen LogP contribution in [0.3, 0.4) is 0 Å². The Balaban J connectivity index is 1.83. The van der Waals surface area contributed by atoms with E-state index in [0.717, 1.165) is 12.2 Å². The van der Waals surface area contributed by atoms with Gasteiger partial charge in [0.2, 0.25) is 0 Å². The minimum absolute atomic E-state index is 0.105. The van der Waals surface area contributed by atoms with E-state index in [1.54, 1.807) is 4.68 Å². The number of aromatic nitrogens is 3. The zero-order valence-electron chi connectivity index (χ0n) is 8.40. The van der Waals surface area contributed by atoms with Crippen molar-refractivity contribution in [3.8, 4) is 0 Å². The Morgan fingerprint density at radius 2 is 2.43 bits per heavy atom. The van der Waals surface area contributed by atoms with Gasteiger partial charge >= 0.3 is 0 Å². The van der Waals surface area contributed by atoms with Crippen LogP contribution in [0.25, 0.3) is 0 Å². The Hall–Kier alpha value is -0.940. The maximum absolute atomic E-state index is 8.69. The molecule has 1 heterocycles. The van der Waals surface area contributed by atoms with Gasteiger partial charge in [-0.3, -0.25) is 0 Å². The summed E-state index contributed by atoms with van der Waals surface area (Å²) in [6.45, 7) is 3.60. The maximum atomic E-state index is 8.69. The van der Waals surface area contributed by atoms with Gasteiger partial charge in [0.05, 0.1) is 18.8 Å². The molecule has 1 aliphatic rings. The molecule has 0 amide bonds. The average molecular weight is 196 g/mol. The van der Waals surface area contributed by atoms with Crippen LogP contribution < -0.4 is 5.32 Å². The van der Waals surface area contributed by atoms with Crippen LogP contribution in [0, 0.1) is 0 Å². The molecule has 78 valence electrons. The normalized spacial score (nSPS) is 18.4. The minimum atomic E-state index is 0.105. The van der Waals surface area contributed by atoms with E-state index in [0.29, 0.717) is 12.1 Å². The summed E-state index contributed by atoms with van der Waals surface area (Å²) in [5.41, 5.74) is 1.27. The third-order valence-corrected chi connectivity index (χ3v) is 2.61. The lowest BCUT2D eigenvalue weighted by molar-refractivity contribution is 0.268. The van der Waals surface area contributed by atoms with Gasteiger partial charge in [-0.25, -0.2) is 4.68 Å². The van der Waals surface area contributed by atoms with Crippen molar-refractivity contribution in [3.63, 3.8) is 0 Å². The average Bonchev–Trinajstić information content (AvgIpc) is 2.74. The summed E-state index contributed by atoms with van der Waals surface area (Å²) in [6.07, 6.45) is 4.37. The van der Waals surface area contributed by atoms with Crippen LogP contribution in [0.4, 0.5) is 0 Å². The van der Waals surface area contributed by atoms with Crippen molar-refractivity contribution in [2.45, 2.75) is 38.4 Å². The Morgan fingerprint density at radius 3 is 3.07 bits per heavy atom. The van der Waals surface area contributed by atoms with E-state index in [1.165, 1.54) is 12.8 Å². The van der Waals surface area contributed by atoms with Crippen molar-refractivity contribution >= 4 is 0 Å². The van der Waals surface area contributed by atoms with Crippen LogP contribution in [-0.4, -0.2) is 32.2 Å². The summed E-state index contributed by atoms with van der Waals surface area (Å²) in [6, 6.07) is 0. The molecule has 1 aromatic heterocycles. The predicted octanol–water partition coefficient (Wildman–Crippen LogP) is -0.0875. The molecule has 1 saturated carbocycles. The number of aliphatic hydroxyl groups is 1. The van der Waals surface area contributed by atoms with Crippen LogP contribution >= 0.6 is 0 Å². The first-order valence-corrected chi connectivity index (χ1v) is 4.97. The quantitative estimate of drug-likeness (QED) is 0.691. The number of aliphatic hydroxyl groups excluding tert-OH is 1. The van der Waals surface area contributed by atoms with E-state index in [9.17, 15) is 0 Å². The van der Waals surface area contributed by atoms with E-state index >= 15 is 0 Å². The number of hydrogen-bond acceptors (Lipinski definition) is 4. The highest BCUT2D eigenvalue weighted by atomic mass is 16.3. The van der Waals surface area contributed by atoms with E-state index in [4.69, 9.17) is 5.11 Å². The topological polar surface area (TPSA) is 63.0 Å². The van der Waals surface area contributed by atoms with Crippen molar-refractivity contribution < 1.29 is 5.11 Å². The Bertz CT molecular complexity index is 306. The third-order valence-electron chi connectivity index (χ3n) is 2.61. The lowest BCUT2D eigenvalue weighted by Gasteiger charge is -2.08. The lowest BCUT2D eigenvalue weighted by Crippen LogP contribution is -2.27. The van der Waals surface area contributed by atoms with Crippen LogP contribution in [-0.2, 0) is 13.1 Å². The Morgan fingerprint density at radius 1 is 1.64 bits per heavy atom. The minimum Gasteiger partial charge on any atom is -0.394 e. The molecule has 2 N–H and O–H groups in total. The largest absolute Gasteiger partial charge is 0.394 e.